The van der Waals surface area contributed by atoms with E-state index in [4.69, 9.17) is 5.11 Å². The van der Waals surface area contributed by atoms with E-state index in [1.165, 1.54) is 0 Å². The molecule has 0 radical (unpaired) electrons. The van der Waals surface area contributed by atoms with Crippen LogP contribution in [0.1, 0.15) is 6.42 Å². The van der Waals surface area contributed by atoms with Gasteiger partial charge in [0.1, 0.15) is 6.04 Å². The quantitative estimate of drug-likeness (QED) is 0.616. The minimum absolute atomic E-state index is 0.460. The Bertz CT molecular complexity index is 213. The zero-order chi connectivity index (χ0) is 8.97. The van der Waals surface area contributed by atoms with Crippen molar-refractivity contribution in [2.24, 2.45) is 4.99 Å². The molecule has 1 atom stereocenters. The van der Waals surface area contributed by atoms with Crippen LogP contribution in [0.25, 0.3) is 0 Å². The van der Waals surface area contributed by atoms with Crippen molar-refractivity contribution in [1.82, 2.24) is 4.90 Å². The highest BCUT2D eigenvalue weighted by Crippen LogP contribution is 2.06. The summed E-state index contributed by atoms with van der Waals surface area (Å²) in [7, 11) is 0. The molecule has 0 aromatic rings. The van der Waals surface area contributed by atoms with Crippen molar-refractivity contribution < 1.29 is 9.90 Å². The Balaban J connectivity index is 2.57. The molecule has 1 aliphatic heterocycles. The number of carbonyl (C=O) groups is 1. The summed E-state index contributed by atoms with van der Waals surface area (Å²) in [5.41, 5.74) is 0. The Labute approximate surface area is 71.2 Å². The van der Waals surface area contributed by atoms with Crippen molar-refractivity contribution in [2.45, 2.75) is 12.5 Å². The maximum atomic E-state index is 10.7. The van der Waals surface area contributed by atoms with E-state index in [9.17, 15) is 4.79 Å². The molecule has 1 unspecified atom stereocenters. The molecule has 4 nitrogen and oxygen atoms in total. The van der Waals surface area contributed by atoms with Crippen LogP contribution in [0, 0.1) is 0 Å². The highest BCUT2D eigenvalue weighted by Gasteiger charge is 2.23. The third kappa shape index (κ3) is 1.84. The van der Waals surface area contributed by atoms with Gasteiger partial charge in [-0.3, -0.25) is 4.99 Å². The molecule has 0 aromatic carbocycles. The topological polar surface area (TPSA) is 52.9 Å². The summed E-state index contributed by atoms with van der Waals surface area (Å²) in [4.78, 5) is 16.4. The van der Waals surface area contributed by atoms with Crippen LogP contribution in [0.2, 0.25) is 0 Å². The number of hydrogen-bond acceptors (Lipinski definition) is 3. The maximum absolute atomic E-state index is 10.7. The molecule has 0 amide bonds. The first-order chi connectivity index (χ1) is 5.75. The van der Waals surface area contributed by atoms with Crippen LogP contribution < -0.4 is 0 Å². The highest BCUT2D eigenvalue weighted by atomic mass is 16.4. The summed E-state index contributed by atoms with van der Waals surface area (Å²) in [6, 6.07) is -0.492. The van der Waals surface area contributed by atoms with Gasteiger partial charge < -0.3 is 10.0 Å². The molecule has 4 heteroatoms. The number of rotatable bonds is 4. The van der Waals surface area contributed by atoms with Crippen LogP contribution in [-0.4, -0.2) is 41.4 Å². The Morgan fingerprint density at radius 2 is 2.67 bits per heavy atom. The third-order valence-corrected chi connectivity index (χ3v) is 1.79. The van der Waals surface area contributed by atoms with Gasteiger partial charge in [-0.1, -0.05) is 6.08 Å². The summed E-state index contributed by atoms with van der Waals surface area (Å²) in [5.74, 6) is -0.816. The zero-order valence-electron chi connectivity index (χ0n) is 6.81. The van der Waals surface area contributed by atoms with Gasteiger partial charge in [-0.25, -0.2) is 4.79 Å². The van der Waals surface area contributed by atoms with E-state index in [0.717, 1.165) is 0 Å². The fourth-order valence-corrected chi connectivity index (χ4v) is 1.17. The monoisotopic (exact) mass is 168 g/mol. The molecule has 1 aliphatic rings. The Hall–Kier alpha value is -1.32. The molecular weight excluding hydrogens is 156 g/mol. The molecule has 1 N–H and O–H groups in total. The second-order valence-corrected chi connectivity index (χ2v) is 2.64. The first kappa shape index (κ1) is 8.77. The van der Waals surface area contributed by atoms with E-state index in [1.807, 2.05) is 0 Å². The fourth-order valence-electron chi connectivity index (χ4n) is 1.17. The van der Waals surface area contributed by atoms with Gasteiger partial charge in [-0.15, -0.1) is 6.58 Å². The molecular formula is C8H12N2O2. The lowest BCUT2D eigenvalue weighted by atomic mass is 10.2. The van der Waals surface area contributed by atoms with Gasteiger partial charge in [0, 0.05) is 6.54 Å². The summed E-state index contributed by atoms with van der Waals surface area (Å²) in [6.07, 6.45) is 3.68. The number of nitrogens with zero attached hydrogens (tertiary/aromatic N) is 2. The molecule has 0 spiro atoms. The van der Waals surface area contributed by atoms with E-state index < -0.39 is 12.0 Å². The molecule has 0 bridgehead atoms. The number of aliphatic imine (C=N–C) groups is 1. The lowest BCUT2D eigenvalue weighted by Gasteiger charge is -2.21. The molecule has 1 rings (SSSR count). The number of carboxylic acid groups (broad SMARTS) is 1. The van der Waals surface area contributed by atoms with Crippen molar-refractivity contribution in [3.05, 3.63) is 12.7 Å². The zero-order valence-corrected chi connectivity index (χ0v) is 6.81. The Morgan fingerprint density at radius 3 is 3.08 bits per heavy atom. The smallest absolute Gasteiger partial charge is 0.326 e. The van der Waals surface area contributed by atoms with Crippen molar-refractivity contribution in [2.75, 3.05) is 13.1 Å². The minimum atomic E-state index is -0.816. The normalized spacial score (nSPS) is 17.8. The predicted octanol–water partition coefficient (Wildman–Crippen LogP) is 0.360. The number of aliphatic carboxylic acids is 1. The van der Waals surface area contributed by atoms with Crippen molar-refractivity contribution in [3.63, 3.8) is 0 Å². The highest BCUT2D eigenvalue weighted by molar-refractivity contribution is 5.77. The maximum Gasteiger partial charge on any atom is 0.326 e. The van der Waals surface area contributed by atoms with Crippen LogP contribution in [0.4, 0.5) is 0 Å². The first-order valence-electron chi connectivity index (χ1n) is 3.85. The summed E-state index contributed by atoms with van der Waals surface area (Å²) in [5, 5.41) is 8.81. The number of hydrogen-bond donors (Lipinski definition) is 1. The van der Waals surface area contributed by atoms with Gasteiger partial charge in [0.15, 0.2) is 0 Å². The van der Waals surface area contributed by atoms with E-state index in [0.29, 0.717) is 19.5 Å². The van der Waals surface area contributed by atoms with Crippen LogP contribution in [0.5, 0.6) is 0 Å². The molecule has 0 fully saturated rings. The SMILES string of the molecule is C=CCC(C(=O)O)N1C=NCC1. The Morgan fingerprint density at radius 1 is 1.92 bits per heavy atom. The van der Waals surface area contributed by atoms with Gasteiger partial charge in [0.25, 0.3) is 0 Å². The van der Waals surface area contributed by atoms with Crippen molar-refractivity contribution >= 4 is 12.3 Å². The summed E-state index contributed by atoms with van der Waals surface area (Å²) >= 11 is 0. The van der Waals surface area contributed by atoms with Gasteiger partial charge in [-0.05, 0) is 6.42 Å². The standard InChI is InChI=1S/C8H12N2O2/c1-2-3-7(8(11)12)10-5-4-9-6-10/h2,6-7H,1,3-5H2,(H,11,12). The number of carboxylic acids is 1. The van der Waals surface area contributed by atoms with E-state index in [1.54, 1.807) is 17.3 Å². The molecule has 0 aliphatic carbocycles. The lowest BCUT2D eigenvalue weighted by molar-refractivity contribution is -0.141. The predicted molar refractivity (Wildman–Crippen MR) is 46.3 cm³/mol. The Kier molecular flexibility index (Phi) is 2.85. The third-order valence-electron chi connectivity index (χ3n) is 1.79. The summed E-state index contributed by atoms with van der Waals surface area (Å²) < 4.78 is 0. The van der Waals surface area contributed by atoms with E-state index in [2.05, 4.69) is 11.6 Å². The van der Waals surface area contributed by atoms with Crippen LogP contribution in [0.3, 0.4) is 0 Å². The minimum Gasteiger partial charge on any atom is -0.480 e. The fraction of sp³-hybridized carbons (Fsp3) is 0.500. The summed E-state index contributed by atoms with van der Waals surface area (Å²) in [6.45, 7) is 4.91. The molecule has 0 saturated carbocycles. The van der Waals surface area contributed by atoms with E-state index in [-0.39, 0.29) is 0 Å². The van der Waals surface area contributed by atoms with Gasteiger partial charge in [-0.2, -0.15) is 0 Å². The van der Waals surface area contributed by atoms with Gasteiger partial charge in [0.05, 0.1) is 12.9 Å². The largest absolute Gasteiger partial charge is 0.480 e. The van der Waals surface area contributed by atoms with Crippen molar-refractivity contribution in [3.8, 4) is 0 Å². The van der Waals surface area contributed by atoms with Crippen LogP contribution in [0.15, 0.2) is 17.6 Å². The van der Waals surface area contributed by atoms with Crippen molar-refractivity contribution in [1.29, 1.82) is 0 Å². The average molecular weight is 168 g/mol. The van der Waals surface area contributed by atoms with Gasteiger partial charge in [0.2, 0.25) is 0 Å². The van der Waals surface area contributed by atoms with Gasteiger partial charge >= 0.3 is 5.97 Å². The van der Waals surface area contributed by atoms with E-state index >= 15 is 0 Å². The van der Waals surface area contributed by atoms with Crippen LogP contribution >= 0.6 is 0 Å². The second kappa shape index (κ2) is 3.90. The van der Waals surface area contributed by atoms with Crippen LogP contribution in [-0.2, 0) is 4.79 Å². The first-order valence-corrected chi connectivity index (χ1v) is 3.85. The molecule has 0 aromatic heterocycles. The second-order valence-electron chi connectivity index (χ2n) is 2.64. The molecule has 0 saturated heterocycles. The molecule has 66 valence electrons. The molecule has 12 heavy (non-hydrogen) atoms. The molecule has 1 heterocycles. The average Bonchev–Trinajstić information content (AvgIpc) is 2.51. The lowest BCUT2D eigenvalue weighted by Crippen LogP contribution is -2.38.